The molecule has 0 radical (unpaired) electrons. The number of hydrogen-bond donors (Lipinski definition) is 3. The smallest absolute Gasteiger partial charge is 0.337 e. The van der Waals surface area contributed by atoms with E-state index in [1.165, 1.54) is 19.2 Å². The molecule has 8 heteroatoms. The number of amides is 2. The first-order valence-electron chi connectivity index (χ1n) is 10.5. The fraction of sp³-hybridized carbons (Fsp3) is 0.417. The van der Waals surface area contributed by atoms with Gasteiger partial charge >= 0.3 is 12.0 Å². The Morgan fingerprint density at radius 1 is 1.00 bits per heavy atom. The summed E-state index contributed by atoms with van der Waals surface area (Å²) in [4.78, 5) is 24.4. The van der Waals surface area contributed by atoms with E-state index in [0.29, 0.717) is 29.8 Å². The van der Waals surface area contributed by atoms with Crippen LogP contribution in [0.4, 0.5) is 10.5 Å². The Morgan fingerprint density at radius 3 is 2.31 bits per heavy atom. The van der Waals surface area contributed by atoms with Gasteiger partial charge in [0.25, 0.3) is 0 Å². The molecule has 2 rings (SSSR count). The highest BCUT2D eigenvalue weighted by molar-refractivity contribution is 6.01. The van der Waals surface area contributed by atoms with Gasteiger partial charge < -0.3 is 30.0 Å². The highest BCUT2D eigenvalue weighted by atomic mass is 16.5. The molecule has 0 aliphatic carbocycles. The number of anilines is 1. The zero-order valence-electron chi connectivity index (χ0n) is 19.2. The molecular weight excluding hydrogens is 412 g/mol. The fourth-order valence-corrected chi connectivity index (χ4v) is 3.24. The second-order valence-electron chi connectivity index (χ2n) is 7.80. The molecule has 0 bridgehead atoms. The third-order valence-electron chi connectivity index (χ3n) is 4.92. The van der Waals surface area contributed by atoms with Gasteiger partial charge in [-0.2, -0.15) is 0 Å². The Morgan fingerprint density at radius 2 is 1.69 bits per heavy atom. The van der Waals surface area contributed by atoms with E-state index in [-0.39, 0.29) is 17.3 Å². The third kappa shape index (κ3) is 6.80. The van der Waals surface area contributed by atoms with Gasteiger partial charge in [0.15, 0.2) is 11.5 Å². The predicted octanol–water partition coefficient (Wildman–Crippen LogP) is 5.10. The van der Waals surface area contributed by atoms with Gasteiger partial charge in [-0.15, -0.1) is 0 Å². The largest absolute Gasteiger partial charge is 0.496 e. The number of para-hydroxylation sites is 1. The van der Waals surface area contributed by atoms with Crippen molar-refractivity contribution in [2.24, 2.45) is 5.92 Å². The standard InChI is InChI=1S/C24H32N2O6/c1-15(2)9-8-12-32-22-14-19(18(23(27)28)13-21(22)31-5)26-24(29)25-16(3)17-10-6-7-11-20(17)30-4/h6-7,10-11,13-16H,8-9,12H2,1-5H3,(H,27,28)(H2,25,26,29). The number of nitrogens with one attached hydrogen (secondary N) is 2. The Bertz CT molecular complexity index is 929. The van der Waals surface area contributed by atoms with Crippen LogP contribution in [0.25, 0.3) is 0 Å². The van der Waals surface area contributed by atoms with Crippen LogP contribution in [-0.4, -0.2) is 37.9 Å². The van der Waals surface area contributed by atoms with Gasteiger partial charge in [0.05, 0.1) is 38.1 Å². The second kappa shape index (κ2) is 11.8. The Labute approximate surface area is 188 Å². The number of carbonyl (C=O) groups excluding carboxylic acids is 1. The van der Waals surface area contributed by atoms with E-state index in [1.807, 2.05) is 25.1 Å². The van der Waals surface area contributed by atoms with E-state index in [1.54, 1.807) is 13.2 Å². The molecule has 2 amide bonds. The summed E-state index contributed by atoms with van der Waals surface area (Å²) in [5.41, 5.74) is 0.811. The molecule has 0 heterocycles. The van der Waals surface area contributed by atoms with Crippen molar-refractivity contribution in [2.45, 2.75) is 39.7 Å². The summed E-state index contributed by atoms with van der Waals surface area (Å²) in [5.74, 6) is 0.673. The van der Waals surface area contributed by atoms with Crippen LogP contribution in [0.15, 0.2) is 36.4 Å². The molecular formula is C24H32N2O6. The van der Waals surface area contributed by atoms with Crippen molar-refractivity contribution >= 4 is 17.7 Å². The molecule has 0 saturated carbocycles. The summed E-state index contributed by atoms with van der Waals surface area (Å²) in [7, 11) is 3.00. The molecule has 3 N–H and O–H groups in total. The molecule has 0 saturated heterocycles. The Kier molecular flexibility index (Phi) is 9.19. The average Bonchev–Trinajstić information content (AvgIpc) is 2.76. The van der Waals surface area contributed by atoms with E-state index in [9.17, 15) is 14.7 Å². The number of ether oxygens (including phenoxy) is 3. The van der Waals surface area contributed by atoms with Crippen LogP contribution in [0.3, 0.4) is 0 Å². The number of aromatic carboxylic acids is 1. The summed E-state index contributed by atoms with van der Waals surface area (Å²) in [6.07, 6.45) is 1.85. The number of methoxy groups -OCH3 is 2. The topological polar surface area (TPSA) is 106 Å². The highest BCUT2D eigenvalue weighted by Crippen LogP contribution is 2.34. The minimum absolute atomic E-state index is 0.100. The van der Waals surface area contributed by atoms with Gasteiger partial charge in [0.2, 0.25) is 0 Å². The maximum absolute atomic E-state index is 12.6. The third-order valence-corrected chi connectivity index (χ3v) is 4.92. The number of carbonyl (C=O) groups is 2. The van der Waals surface area contributed by atoms with Crippen molar-refractivity contribution < 1.29 is 28.9 Å². The summed E-state index contributed by atoms with van der Waals surface area (Å²) < 4.78 is 16.4. The predicted molar refractivity (Wildman–Crippen MR) is 123 cm³/mol. The van der Waals surface area contributed by atoms with Crippen LogP contribution in [-0.2, 0) is 0 Å². The molecule has 0 fully saturated rings. The van der Waals surface area contributed by atoms with Crippen LogP contribution in [0.5, 0.6) is 17.2 Å². The first kappa shape index (κ1) is 24.8. The lowest BCUT2D eigenvalue weighted by Crippen LogP contribution is -2.32. The van der Waals surface area contributed by atoms with E-state index < -0.39 is 12.0 Å². The number of hydrogen-bond acceptors (Lipinski definition) is 5. The Balaban J connectivity index is 2.19. The van der Waals surface area contributed by atoms with Gasteiger partial charge in [-0.1, -0.05) is 32.0 Å². The quantitative estimate of drug-likeness (QED) is 0.416. The average molecular weight is 445 g/mol. The molecule has 1 atom stereocenters. The van der Waals surface area contributed by atoms with Gasteiger partial charge in [-0.25, -0.2) is 9.59 Å². The lowest BCUT2D eigenvalue weighted by atomic mass is 10.1. The lowest BCUT2D eigenvalue weighted by Gasteiger charge is -2.19. The normalized spacial score (nSPS) is 11.6. The van der Waals surface area contributed by atoms with Gasteiger partial charge in [0.1, 0.15) is 5.75 Å². The van der Waals surface area contributed by atoms with Crippen LogP contribution in [0.1, 0.15) is 55.6 Å². The number of carboxylic acids is 1. The number of urea groups is 1. The van der Waals surface area contributed by atoms with Crippen molar-refractivity contribution in [3.05, 3.63) is 47.5 Å². The second-order valence-corrected chi connectivity index (χ2v) is 7.80. The van der Waals surface area contributed by atoms with Gasteiger partial charge in [0, 0.05) is 17.7 Å². The zero-order chi connectivity index (χ0) is 23.7. The maximum Gasteiger partial charge on any atom is 0.337 e. The first-order valence-corrected chi connectivity index (χ1v) is 10.5. The van der Waals surface area contributed by atoms with Crippen molar-refractivity contribution in [2.75, 3.05) is 26.1 Å². The molecule has 0 aliphatic rings. The van der Waals surface area contributed by atoms with Crippen LogP contribution >= 0.6 is 0 Å². The zero-order valence-corrected chi connectivity index (χ0v) is 19.2. The SMILES string of the molecule is COc1cc(C(=O)O)c(NC(=O)NC(C)c2ccccc2OC)cc1OCCCC(C)C. The van der Waals surface area contributed by atoms with E-state index in [2.05, 4.69) is 24.5 Å². The molecule has 174 valence electrons. The van der Waals surface area contributed by atoms with Crippen LogP contribution < -0.4 is 24.8 Å². The number of benzene rings is 2. The van der Waals surface area contributed by atoms with E-state index in [0.717, 1.165) is 18.4 Å². The minimum Gasteiger partial charge on any atom is -0.496 e. The molecule has 0 spiro atoms. The number of carboxylic acid groups (broad SMARTS) is 1. The summed E-state index contributed by atoms with van der Waals surface area (Å²) in [6, 6.07) is 9.25. The molecule has 2 aromatic carbocycles. The van der Waals surface area contributed by atoms with Crippen LogP contribution in [0, 0.1) is 5.92 Å². The Hall–Kier alpha value is -3.42. The van der Waals surface area contributed by atoms with Crippen LogP contribution in [0.2, 0.25) is 0 Å². The van der Waals surface area contributed by atoms with Crippen molar-refractivity contribution in [1.29, 1.82) is 0 Å². The first-order chi connectivity index (χ1) is 15.3. The summed E-state index contributed by atoms with van der Waals surface area (Å²) in [6.45, 7) is 6.54. The number of rotatable bonds is 11. The molecule has 8 nitrogen and oxygen atoms in total. The fourth-order valence-electron chi connectivity index (χ4n) is 3.24. The summed E-state index contributed by atoms with van der Waals surface area (Å²) in [5, 5.41) is 15.0. The maximum atomic E-state index is 12.6. The molecule has 1 unspecified atom stereocenters. The minimum atomic E-state index is -1.19. The van der Waals surface area contributed by atoms with Crippen molar-refractivity contribution in [1.82, 2.24) is 5.32 Å². The molecule has 32 heavy (non-hydrogen) atoms. The molecule has 0 aromatic heterocycles. The van der Waals surface area contributed by atoms with Crippen molar-refractivity contribution in [3.8, 4) is 17.2 Å². The monoisotopic (exact) mass is 444 g/mol. The lowest BCUT2D eigenvalue weighted by molar-refractivity contribution is 0.0697. The van der Waals surface area contributed by atoms with Gasteiger partial charge in [-0.3, -0.25) is 0 Å². The highest BCUT2D eigenvalue weighted by Gasteiger charge is 2.20. The molecule has 0 aliphatic heterocycles. The van der Waals surface area contributed by atoms with E-state index in [4.69, 9.17) is 14.2 Å². The molecule has 2 aromatic rings. The van der Waals surface area contributed by atoms with E-state index >= 15 is 0 Å². The van der Waals surface area contributed by atoms with Gasteiger partial charge in [-0.05, 0) is 31.7 Å². The summed E-state index contributed by atoms with van der Waals surface area (Å²) >= 11 is 0. The van der Waals surface area contributed by atoms with Crippen molar-refractivity contribution in [3.63, 3.8) is 0 Å².